The Hall–Kier alpha value is -0.260. The van der Waals surface area contributed by atoms with Crippen molar-refractivity contribution in [2.24, 2.45) is 0 Å². The second-order valence-electron chi connectivity index (χ2n) is 3.66. The number of allylic oxidation sites excluding steroid dienone is 2. The fourth-order valence-electron chi connectivity index (χ4n) is 1.31. The summed E-state index contributed by atoms with van der Waals surface area (Å²) in [6, 6.07) is 0. The van der Waals surface area contributed by atoms with E-state index in [1.807, 2.05) is 0 Å². The van der Waals surface area contributed by atoms with Crippen LogP contribution in [0.15, 0.2) is 11.1 Å². The summed E-state index contributed by atoms with van der Waals surface area (Å²) >= 11 is 0. The third kappa shape index (κ3) is 11.7. The molecule has 0 unspecified atom stereocenters. The molecule has 0 aliphatic heterocycles. The van der Waals surface area contributed by atoms with E-state index >= 15 is 0 Å². The van der Waals surface area contributed by atoms with Crippen LogP contribution in [0.3, 0.4) is 0 Å². The molecule has 0 fully saturated rings. The highest BCUT2D eigenvalue weighted by Gasteiger charge is 1.89. The van der Waals surface area contributed by atoms with E-state index in [-0.39, 0.29) is 0 Å². The maximum Gasteiger partial charge on any atom is -0.0347 e. The van der Waals surface area contributed by atoms with Crippen LogP contribution < -0.4 is 0 Å². The standard InChI is InChI=1S/C8H16.C5H12/c1-5-8(6-2)7(3)4;1-3-5-4-2/h5-6H2,1-4H3;3-5H2,1-2H3. The Labute approximate surface area is 85.4 Å². The maximum atomic E-state index is 2.21. The van der Waals surface area contributed by atoms with Crippen molar-refractivity contribution >= 4 is 0 Å². The Kier molecular flexibility index (Phi) is 13.7. The Morgan fingerprint density at radius 3 is 1.15 bits per heavy atom. The zero-order valence-electron chi connectivity index (χ0n) is 10.5. The molecule has 0 aliphatic carbocycles. The first kappa shape index (κ1) is 15.2. The lowest BCUT2D eigenvalue weighted by Crippen LogP contribution is -1.79. The van der Waals surface area contributed by atoms with Crippen LogP contribution in [0, 0.1) is 0 Å². The Bertz CT molecular complexity index is 108. The van der Waals surface area contributed by atoms with Crippen LogP contribution >= 0.6 is 0 Å². The van der Waals surface area contributed by atoms with Gasteiger partial charge in [-0.2, -0.15) is 0 Å². The van der Waals surface area contributed by atoms with E-state index in [0.717, 1.165) is 0 Å². The van der Waals surface area contributed by atoms with Crippen LogP contribution in [0.4, 0.5) is 0 Å². The smallest absolute Gasteiger partial charge is 0.0347 e. The molecule has 0 rings (SSSR count). The summed E-state index contributed by atoms with van der Waals surface area (Å²) in [5, 5.41) is 0. The van der Waals surface area contributed by atoms with E-state index < -0.39 is 0 Å². The minimum absolute atomic E-state index is 1.22. The van der Waals surface area contributed by atoms with E-state index in [4.69, 9.17) is 0 Å². The molecule has 0 spiro atoms. The molecule has 0 saturated heterocycles. The van der Waals surface area contributed by atoms with Gasteiger partial charge >= 0.3 is 0 Å². The fraction of sp³-hybridized carbons (Fsp3) is 0.846. The van der Waals surface area contributed by atoms with Gasteiger partial charge in [0.25, 0.3) is 0 Å². The third-order valence-corrected chi connectivity index (χ3v) is 2.27. The number of hydrogen-bond acceptors (Lipinski definition) is 0. The minimum Gasteiger partial charge on any atom is -0.0773 e. The minimum atomic E-state index is 1.22. The van der Waals surface area contributed by atoms with Gasteiger partial charge in [0.2, 0.25) is 0 Å². The number of unbranched alkanes of at least 4 members (excludes halogenated alkanes) is 2. The van der Waals surface area contributed by atoms with Crippen molar-refractivity contribution in [3.63, 3.8) is 0 Å². The Balaban J connectivity index is 0. The van der Waals surface area contributed by atoms with E-state index in [0.29, 0.717) is 0 Å². The molecule has 0 heteroatoms. The summed E-state index contributed by atoms with van der Waals surface area (Å²) in [6.45, 7) is 13.2. The number of hydrogen-bond donors (Lipinski definition) is 0. The first-order valence-electron chi connectivity index (χ1n) is 5.79. The van der Waals surface area contributed by atoms with Gasteiger partial charge in [0.15, 0.2) is 0 Å². The first-order valence-corrected chi connectivity index (χ1v) is 5.79. The van der Waals surface area contributed by atoms with Gasteiger partial charge in [0.1, 0.15) is 0 Å². The van der Waals surface area contributed by atoms with Crippen molar-refractivity contribution in [1.82, 2.24) is 0 Å². The van der Waals surface area contributed by atoms with Crippen LogP contribution in [0.25, 0.3) is 0 Å². The van der Waals surface area contributed by atoms with Gasteiger partial charge in [-0.1, -0.05) is 58.1 Å². The summed E-state index contributed by atoms with van der Waals surface area (Å²) in [5.74, 6) is 0. The van der Waals surface area contributed by atoms with Crippen molar-refractivity contribution in [2.75, 3.05) is 0 Å². The SMILES string of the molecule is CCC(CC)=C(C)C.CCCCC. The van der Waals surface area contributed by atoms with Gasteiger partial charge in [0, 0.05) is 0 Å². The van der Waals surface area contributed by atoms with Crippen LogP contribution in [-0.2, 0) is 0 Å². The van der Waals surface area contributed by atoms with Crippen LogP contribution in [0.5, 0.6) is 0 Å². The van der Waals surface area contributed by atoms with Crippen LogP contribution in [0.1, 0.15) is 73.6 Å². The predicted octanol–water partition coefficient (Wildman–Crippen LogP) is 5.34. The highest BCUT2D eigenvalue weighted by Crippen LogP contribution is 2.10. The van der Waals surface area contributed by atoms with Crippen LogP contribution in [0.2, 0.25) is 0 Å². The van der Waals surface area contributed by atoms with Gasteiger partial charge in [-0.25, -0.2) is 0 Å². The predicted molar refractivity (Wildman–Crippen MR) is 64.2 cm³/mol. The molecular weight excluding hydrogens is 156 g/mol. The van der Waals surface area contributed by atoms with E-state index in [1.165, 1.54) is 37.7 Å². The maximum absolute atomic E-state index is 2.21. The molecule has 0 atom stereocenters. The van der Waals surface area contributed by atoms with E-state index in [9.17, 15) is 0 Å². The largest absolute Gasteiger partial charge is 0.0773 e. The molecule has 0 aromatic rings. The normalized spacial score (nSPS) is 8.77. The van der Waals surface area contributed by atoms with Crippen molar-refractivity contribution in [2.45, 2.75) is 73.6 Å². The first-order chi connectivity index (χ1) is 6.13. The van der Waals surface area contributed by atoms with Gasteiger partial charge in [-0.05, 0) is 26.7 Å². The lowest BCUT2D eigenvalue weighted by atomic mass is 10.1. The second-order valence-corrected chi connectivity index (χ2v) is 3.66. The average Bonchev–Trinajstić information content (AvgIpc) is 2.08. The molecule has 0 aliphatic rings. The Morgan fingerprint density at radius 1 is 0.769 bits per heavy atom. The molecule has 0 radical (unpaired) electrons. The molecule has 0 nitrogen and oxygen atoms in total. The molecule has 0 saturated carbocycles. The Morgan fingerprint density at radius 2 is 1.15 bits per heavy atom. The summed E-state index contributed by atoms with van der Waals surface area (Å²) in [6.07, 6.45) is 6.52. The molecule has 0 N–H and O–H groups in total. The van der Waals surface area contributed by atoms with Gasteiger partial charge < -0.3 is 0 Å². The van der Waals surface area contributed by atoms with Crippen molar-refractivity contribution in [1.29, 1.82) is 0 Å². The monoisotopic (exact) mass is 184 g/mol. The topological polar surface area (TPSA) is 0 Å². The lowest BCUT2D eigenvalue weighted by Gasteiger charge is -2.00. The molecule has 0 aromatic heterocycles. The second kappa shape index (κ2) is 11.7. The summed E-state index contributed by atoms with van der Waals surface area (Å²) in [7, 11) is 0. The molecule has 13 heavy (non-hydrogen) atoms. The van der Waals surface area contributed by atoms with Gasteiger partial charge in [0.05, 0.1) is 0 Å². The zero-order valence-corrected chi connectivity index (χ0v) is 10.5. The number of rotatable bonds is 4. The van der Waals surface area contributed by atoms with Crippen LogP contribution in [-0.4, -0.2) is 0 Å². The zero-order chi connectivity index (χ0) is 10.7. The molecule has 0 aromatic carbocycles. The summed E-state index contributed by atoms with van der Waals surface area (Å²) < 4.78 is 0. The summed E-state index contributed by atoms with van der Waals surface area (Å²) in [4.78, 5) is 0. The fourth-order valence-corrected chi connectivity index (χ4v) is 1.31. The molecule has 80 valence electrons. The molecular formula is C13H28. The van der Waals surface area contributed by atoms with Crippen molar-refractivity contribution < 1.29 is 0 Å². The average molecular weight is 184 g/mol. The van der Waals surface area contributed by atoms with Gasteiger partial charge in [-0.3, -0.25) is 0 Å². The third-order valence-electron chi connectivity index (χ3n) is 2.27. The van der Waals surface area contributed by atoms with E-state index in [1.54, 1.807) is 5.57 Å². The quantitative estimate of drug-likeness (QED) is 0.517. The highest BCUT2D eigenvalue weighted by molar-refractivity contribution is 5.07. The summed E-state index contributed by atoms with van der Waals surface area (Å²) in [5.41, 5.74) is 3.10. The van der Waals surface area contributed by atoms with E-state index in [2.05, 4.69) is 41.5 Å². The molecule has 0 bridgehead atoms. The lowest BCUT2D eigenvalue weighted by molar-refractivity contribution is 0.772. The van der Waals surface area contributed by atoms with Gasteiger partial charge in [-0.15, -0.1) is 0 Å². The van der Waals surface area contributed by atoms with Crippen molar-refractivity contribution in [3.8, 4) is 0 Å². The molecule has 0 amide bonds. The molecule has 0 heterocycles. The van der Waals surface area contributed by atoms with Crippen molar-refractivity contribution in [3.05, 3.63) is 11.1 Å². The highest BCUT2D eigenvalue weighted by atomic mass is 14.0.